The summed E-state index contributed by atoms with van der Waals surface area (Å²) in [6, 6.07) is 5.95. The van der Waals surface area contributed by atoms with Crippen molar-refractivity contribution in [2.45, 2.75) is 26.3 Å². The molecule has 1 aliphatic rings. The van der Waals surface area contributed by atoms with Crippen molar-refractivity contribution in [1.29, 1.82) is 0 Å². The van der Waals surface area contributed by atoms with Gasteiger partial charge in [0.05, 0.1) is 0 Å². The number of amides is 3. The average molecular weight is 342 g/mol. The third kappa shape index (κ3) is 3.60. The SMILES string of the molecule is CC(=O)c1ccc(C(=O)Nc2nnc(CN3C(=O)CCC3=O)o2)cc1. The molecular formula is C16H14N4O5. The minimum absolute atomic E-state index is 0.0471. The molecule has 0 radical (unpaired) electrons. The molecular weight excluding hydrogens is 328 g/mol. The van der Waals surface area contributed by atoms with E-state index in [1.807, 2.05) is 0 Å². The Kier molecular flexibility index (Phi) is 4.38. The molecule has 1 fully saturated rings. The maximum atomic E-state index is 12.1. The minimum Gasteiger partial charge on any atom is -0.406 e. The molecule has 1 saturated heterocycles. The molecule has 1 aromatic heterocycles. The fourth-order valence-electron chi connectivity index (χ4n) is 2.33. The molecule has 1 N–H and O–H groups in total. The third-order valence-electron chi connectivity index (χ3n) is 3.69. The van der Waals surface area contributed by atoms with Gasteiger partial charge in [0, 0.05) is 24.0 Å². The Bertz CT molecular complexity index is 840. The molecule has 25 heavy (non-hydrogen) atoms. The van der Waals surface area contributed by atoms with Gasteiger partial charge in [0.1, 0.15) is 6.54 Å². The molecule has 0 aliphatic carbocycles. The lowest BCUT2D eigenvalue weighted by Crippen LogP contribution is -2.28. The number of aromatic nitrogens is 2. The molecule has 2 aromatic rings. The molecule has 0 saturated carbocycles. The Morgan fingerprint density at radius 3 is 2.28 bits per heavy atom. The van der Waals surface area contributed by atoms with Crippen molar-refractivity contribution in [3.8, 4) is 0 Å². The molecule has 0 bridgehead atoms. The highest BCUT2D eigenvalue weighted by Gasteiger charge is 2.30. The van der Waals surface area contributed by atoms with Crippen LogP contribution in [0, 0.1) is 0 Å². The van der Waals surface area contributed by atoms with Crippen molar-refractivity contribution in [3.05, 3.63) is 41.3 Å². The fourth-order valence-corrected chi connectivity index (χ4v) is 2.33. The van der Waals surface area contributed by atoms with Crippen molar-refractivity contribution in [1.82, 2.24) is 15.1 Å². The molecule has 9 heteroatoms. The maximum absolute atomic E-state index is 12.1. The van der Waals surface area contributed by atoms with Crippen molar-refractivity contribution >= 4 is 29.5 Å². The van der Waals surface area contributed by atoms with Crippen molar-refractivity contribution in [2.24, 2.45) is 0 Å². The molecule has 1 aromatic carbocycles. The summed E-state index contributed by atoms with van der Waals surface area (Å²) < 4.78 is 5.24. The average Bonchev–Trinajstić information content (AvgIpc) is 3.16. The van der Waals surface area contributed by atoms with Crippen molar-refractivity contribution in [3.63, 3.8) is 0 Å². The van der Waals surface area contributed by atoms with Crippen LogP contribution in [0.1, 0.15) is 46.4 Å². The van der Waals surface area contributed by atoms with Gasteiger partial charge in [-0.2, -0.15) is 0 Å². The first-order valence-electron chi connectivity index (χ1n) is 7.52. The quantitative estimate of drug-likeness (QED) is 0.639. The number of hydrogen-bond acceptors (Lipinski definition) is 7. The van der Waals surface area contributed by atoms with Crippen LogP contribution in [0.4, 0.5) is 6.01 Å². The number of nitrogens with zero attached hydrogens (tertiary/aromatic N) is 3. The van der Waals surface area contributed by atoms with Gasteiger partial charge < -0.3 is 4.42 Å². The number of carbonyl (C=O) groups excluding carboxylic acids is 4. The lowest BCUT2D eigenvalue weighted by molar-refractivity contribution is -0.139. The third-order valence-corrected chi connectivity index (χ3v) is 3.69. The topological polar surface area (TPSA) is 122 Å². The lowest BCUT2D eigenvalue weighted by atomic mass is 10.1. The Hall–Kier alpha value is -3.36. The van der Waals surface area contributed by atoms with E-state index in [0.29, 0.717) is 11.1 Å². The number of imide groups is 1. The summed E-state index contributed by atoms with van der Waals surface area (Å²) in [4.78, 5) is 47.5. The van der Waals surface area contributed by atoms with Crippen LogP contribution in [0.5, 0.6) is 0 Å². The summed E-state index contributed by atoms with van der Waals surface area (Å²) in [6.45, 7) is 1.32. The summed E-state index contributed by atoms with van der Waals surface area (Å²) in [5.41, 5.74) is 0.811. The highest BCUT2D eigenvalue weighted by Crippen LogP contribution is 2.16. The number of nitrogens with one attached hydrogen (secondary N) is 1. The monoisotopic (exact) mass is 342 g/mol. The highest BCUT2D eigenvalue weighted by atomic mass is 16.4. The van der Waals surface area contributed by atoms with Gasteiger partial charge in [-0.15, -0.1) is 5.10 Å². The van der Waals surface area contributed by atoms with Gasteiger partial charge in [-0.05, 0) is 19.1 Å². The summed E-state index contributed by atoms with van der Waals surface area (Å²) in [7, 11) is 0. The van der Waals surface area contributed by atoms with Crippen LogP contribution in [0.15, 0.2) is 28.7 Å². The van der Waals surface area contributed by atoms with E-state index >= 15 is 0 Å². The molecule has 9 nitrogen and oxygen atoms in total. The fraction of sp³-hybridized carbons (Fsp3) is 0.250. The van der Waals surface area contributed by atoms with E-state index in [4.69, 9.17) is 4.42 Å². The number of anilines is 1. The molecule has 0 spiro atoms. The summed E-state index contributed by atoms with van der Waals surface area (Å²) in [6.07, 6.45) is 0.347. The van der Waals surface area contributed by atoms with Gasteiger partial charge in [-0.1, -0.05) is 17.2 Å². The number of rotatable bonds is 5. The van der Waals surface area contributed by atoms with Crippen LogP contribution in [0.25, 0.3) is 0 Å². The van der Waals surface area contributed by atoms with Crippen LogP contribution in [-0.2, 0) is 16.1 Å². The molecule has 0 atom stereocenters. The van der Waals surface area contributed by atoms with E-state index in [9.17, 15) is 19.2 Å². The van der Waals surface area contributed by atoms with Crippen LogP contribution in [-0.4, -0.2) is 38.6 Å². The standard InChI is InChI=1S/C16H14N4O5/c1-9(21)10-2-4-11(5-3-10)15(24)17-16-19-18-12(25-16)8-20-13(22)6-7-14(20)23/h2-5H,6-8H2,1H3,(H,17,19,24). The van der Waals surface area contributed by atoms with Crippen LogP contribution in [0.3, 0.4) is 0 Å². The van der Waals surface area contributed by atoms with E-state index in [0.717, 1.165) is 4.90 Å². The first-order chi connectivity index (χ1) is 11.9. The van der Waals surface area contributed by atoms with Crippen LogP contribution >= 0.6 is 0 Å². The zero-order valence-electron chi connectivity index (χ0n) is 13.3. The Labute approximate surface area is 142 Å². The van der Waals surface area contributed by atoms with E-state index in [1.54, 1.807) is 12.1 Å². The van der Waals surface area contributed by atoms with E-state index in [-0.39, 0.29) is 48.9 Å². The smallest absolute Gasteiger partial charge is 0.322 e. The molecule has 0 unspecified atom stereocenters. The Balaban J connectivity index is 1.64. The summed E-state index contributed by atoms with van der Waals surface area (Å²) in [5, 5.41) is 9.80. The minimum atomic E-state index is -0.487. The number of benzene rings is 1. The van der Waals surface area contributed by atoms with Gasteiger partial charge >= 0.3 is 6.01 Å². The zero-order valence-corrected chi connectivity index (χ0v) is 13.3. The lowest BCUT2D eigenvalue weighted by Gasteiger charge is -2.09. The molecule has 3 amide bonds. The predicted octanol–water partition coefficient (Wildman–Crippen LogP) is 1.17. The van der Waals surface area contributed by atoms with Gasteiger partial charge in [0.2, 0.25) is 17.7 Å². The van der Waals surface area contributed by atoms with Gasteiger partial charge in [0.15, 0.2) is 5.78 Å². The molecule has 2 heterocycles. The molecule has 3 rings (SSSR count). The first-order valence-corrected chi connectivity index (χ1v) is 7.52. The second kappa shape index (κ2) is 6.63. The first kappa shape index (κ1) is 16.5. The van der Waals surface area contributed by atoms with E-state index in [1.165, 1.54) is 19.1 Å². The number of carbonyl (C=O) groups is 4. The highest BCUT2D eigenvalue weighted by molar-refractivity contribution is 6.04. The summed E-state index contributed by atoms with van der Waals surface area (Å²) >= 11 is 0. The number of Topliss-reactive ketones (excluding diaryl/α,β-unsaturated/α-hetero) is 1. The number of hydrogen-bond donors (Lipinski definition) is 1. The normalized spacial score (nSPS) is 14.0. The Morgan fingerprint density at radius 1 is 1.08 bits per heavy atom. The number of likely N-dealkylation sites (tertiary alicyclic amines) is 1. The van der Waals surface area contributed by atoms with Gasteiger partial charge in [0.25, 0.3) is 5.91 Å². The summed E-state index contributed by atoms with van der Waals surface area (Å²) in [5.74, 6) is -1.12. The molecule has 1 aliphatic heterocycles. The van der Waals surface area contributed by atoms with E-state index in [2.05, 4.69) is 15.5 Å². The van der Waals surface area contributed by atoms with Gasteiger partial charge in [-0.3, -0.25) is 29.4 Å². The van der Waals surface area contributed by atoms with Crippen molar-refractivity contribution < 1.29 is 23.6 Å². The van der Waals surface area contributed by atoms with Crippen molar-refractivity contribution in [2.75, 3.05) is 5.32 Å². The second-order valence-electron chi connectivity index (χ2n) is 5.46. The van der Waals surface area contributed by atoms with E-state index < -0.39 is 5.91 Å². The zero-order chi connectivity index (χ0) is 18.0. The largest absolute Gasteiger partial charge is 0.406 e. The Morgan fingerprint density at radius 2 is 1.68 bits per heavy atom. The second-order valence-corrected chi connectivity index (χ2v) is 5.46. The van der Waals surface area contributed by atoms with Crippen LogP contribution < -0.4 is 5.32 Å². The number of ketones is 1. The molecule has 128 valence electrons. The van der Waals surface area contributed by atoms with Crippen LogP contribution in [0.2, 0.25) is 0 Å². The predicted molar refractivity (Wildman–Crippen MR) is 83.5 cm³/mol. The van der Waals surface area contributed by atoms with Gasteiger partial charge in [-0.25, -0.2) is 0 Å². The maximum Gasteiger partial charge on any atom is 0.322 e.